The highest BCUT2D eigenvalue weighted by atomic mass is 32.2. The van der Waals surface area contributed by atoms with Gasteiger partial charge in [-0.2, -0.15) is 4.68 Å². The minimum absolute atomic E-state index is 0.296. The summed E-state index contributed by atoms with van der Waals surface area (Å²) in [6.07, 6.45) is 1.99. The van der Waals surface area contributed by atoms with Gasteiger partial charge in [0.2, 0.25) is 0 Å². The second kappa shape index (κ2) is 8.22. The Kier molecular flexibility index (Phi) is 5.34. The number of tetrazole rings is 1. The topological polar surface area (TPSA) is 52.8 Å². The van der Waals surface area contributed by atoms with Gasteiger partial charge < -0.3 is 4.74 Å². The molecule has 0 saturated carbocycles. The number of thioether (sulfide) groups is 1. The number of rotatable bonds is 6. The summed E-state index contributed by atoms with van der Waals surface area (Å²) < 4.78 is 21.6. The number of aromatic nitrogens is 4. The molecule has 0 spiro atoms. The highest BCUT2D eigenvalue weighted by Crippen LogP contribution is 2.37. The molecule has 0 unspecified atom stereocenters. The van der Waals surface area contributed by atoms with Crippen molar-refractivity contribution in [3.05, 3.63) is 78.6 Å². The first-order chi connectivity index (χ1) is 13.8. The van der Waals surface area contributed by atoms with Crippen LogP contribution >= 0.6 is 11.8 Å². The summed E-state index contributed by atoms with van der Waals surface area (Å²) in [6, 6.07) is 22.0. The predicted octanol–water partition coefficient (Wildman–Crippen LogP) is 4.83. The van der Waals surface area contributed by atoms with Crippen molar-refractivity contribution in [1.29, 1.82) is 0 Å². The van der Waals surface area contributed by atoms with E-state index in [1.165, 1.54) is 10.7 Å². The maximum atomic E-state index is 14.3. The minimum Gasteiger partial charge on any atom is -0.482 e. The fraction of sp³-hybridized carbons (Fsp3) is 0.0952. The van der Waals surface area contributed by atoms with E-state index >= 15 is 0 Å². The zero-order valence-corrected chi connectivity index (χ0v) is 15.9. The smallest absolute Gasteiger partial charge is 0.187 e. The van der Waals surface area contributed by atoms with Gasteiger partial charge in [-0.3, -0.25) is 0 Å². The number of nitrogens with zero attached hydrogens (tertiary/aromatic N) is 4. The lowest BCUT2D eigenvalue weighted by Gasteiger charge is -2.14. The van der Waals surface area contributed by atoms with Gasteiger partial charge >= 0.3 is 0 Å². The summed E-state index contributed by atoms with van der Waals surface area (Å²) >= 11 is 1.60. The van der Waals surface area contributed by atoms with E-state index in [1.807, 2.05) is 54.8 Å². The Morgan fingerprint density at radius 3 is 2.36 bits per heavy atom. The third-order valence-corrected chi connectivity index (χ3v) is 4.58. The van der Waals surface area contributed by atoms with Gasteiger partial charge in [-0.15, -0.1) is 16.9 Å². The molecule has 28 heavy (non-hydrogen) atoms. The molecule has 3 aromatic carbocycles. The third-order valence-electron chi connectivity index (χ3n) is 4.23. The highest BCUT2D eigenvalue weighted by Gasteiger charge is 2.18. The lowest BCUT2D eigenvalue weighted by Crippen LogP contribution is -2.03. The number of hydrogen-bond donors (Lipinski definition) is 0. The fourth-order valence-electron chi connectivity index (χ4n) is 2.99. The molecule has 4 aromatic rings. The van der Waals surface area contributed by atoms with E-state index in [4.69, 9.17) is 4.74 Å². The molecule has 0 saturated heterocycles. The van der Waals surface area contributed by atoms with E-state index in [1.54, 1.807) is 30.0 Å². The van der Waals surface area contributed by atoms with E-state index in [9.17, 15) is 4.39 Å². The second-order valence-corrected chi connectivity index (χ2v) is 6.77. The summed E-state index contributed by atoms with van der Waals surface area (Å²) in [4.78, 5) is 0. The molecule has 0 bridgehead atoms. The summed E-state index contributed by atoms with van der Waals surface area (Å²) in [5, 5.41) is 12.0. The summed E-state index contributed by atoms with van der Waals surface area (Å²) in [5.74, 6) is 1.39. The van der Waals surface area contributed by atoms with Crippen LogP contribution in [-0.4, -0.2) is 32.4 Å². The molecule has 0 N–H and O–H groups in total. The molecule has 1 aromatic heterocycles. The van der Waals surface area contributed by atoms with Crippen molar-refractivity contribution >= 4 is 11.8 Å². The normalized spacial score (nSPS) is 10.8. The van der Waals surface area contributed by atoms with Crippen LogP contribution in [0.5, 0.6) is 5.75 Å². The van der Waals surface area contributed by atoms with Gasteiger partial charge in [0.1, 0.15) is 23.2 Å². The van der Waals surface area contributed by atoms with Crippen molar-refractivity contribution in [3.8, 4) is 34.0 Å². The second-order valence-electron chi connectivity index (χ2n) is 5.96. The van der Waals surface area contributed by atoms with Crippen LogP contribution in [0.25, 0.3) is 28.2 Å². The Hall–Kier alpha value is -3.19. The van der Waals surface area contributed by atoms with Crippen molar-refractivity contribution in [3.63, 3.8) is 0 Å². The Morgan fingerprint density at radius 2 is 1.57 bits per heavy atom. The molecular formula is C21H17FN4OS. The van der Waals surface area contributed by atoms with Crippen LogP contribution < -0.4 is 4.74 Å². The van der Waals surface area contributed by atoms with Gasteiger partial charge in [-0.1, -0.05) is 54.6 Å². The molecule has 1 heterocycles. The highest BCUT2D eigenvalue weighted by molar-refractivity contribution is 7.98. The van der Waals surface area contributed by atoms with E-state index in [0.717, 1.165) is 22.4 Å². The first kappa shape index (κ1) is 18.2. The lowest BCUT2D eigenvalue weighted by atomic mass is 9.98. The largest absolute Gasteiger partial charge is 0.482 e. The van der Waals surface area contributed by atoms with Crippen LogP contribution in [0.3, 0.4) is 0 Å². The standard InChI is InChI=1S/C21H17FN4OS/c1-28-14-27-20-13-7-4-9-16(20)15-8-2-3-10-17(15)21-23-24-25-26(21)19-12-6-5-11-18(19)22/h2-13H,14H2,1H3. The monoisotopic (exact) mass is 392 g/mol. The molecule has 0 aliphatic carbocycles. The molecule has 5 nitrogen and oxygen atoms in total. The molecule has 0 aliphatic rings. The quantitative estimate of drug-likeness (QED) is 0.440. The molecule has 0 atom stereocenters. The van der Waals surface area contributed by atoms with Gasteiger partial charge in [0.25, 0.3) is 0 Å². The molecule has 140 valence electrons. The van der Waals surface area contributed by atoms with E-state index in [2.05, 4.69) is 15.5 Å². The molecule has 4 rings (SSSR count). The Balaban J connectivity index is 1.86. The number of ether oxygens (including phenoxy) is 1. The molecule has 0 amide bonds. The van der Waals surface area contributed by atoms with Gasteiger partial charge in [0.05, 0.1) is 0 Å². The fourth-order valence-corrected chi connectivity index (χ4v) is 3.24. The third kappa shape index (κ3) is 3.48. The van der Waals surface area contributed by atoms with Crippen LogP contribution in [0, 0.1) is 5.82 Å². The van der Waals surface area contributed by atoms with Crippen LogP contribution in [0.1, 0.15) is 0 Å². The number of benzene rings is 3. The summed E-state index contributed by atoms with van der Waals surface area (Å²) in [5.41, 5.74) is 2.92. The van der Waals surface area contributed by atoms with Crippen molar-refractivity contribution in [2.45, 2.75) is 0 Å². The first-order valence-corrected chi connectivity index (χ1v) is 10.0. The molecule has 0 aliphatic heterocycles. The van der Waals surface area contributed by atoms with E-state index in [0.29, 0.717) is 17.5 Å². The minimum atomic E-state index is -0.391. The SMILES string of the molecule is CSCOc1ccccc1-c1ccccc1-c1nnnn1-c1ccccc1F. The first-order valence-electron chi connectivity index (χ1n) is 8.63. The number of hydrogen-bond acceptors (Lipinski definition) is 5. The van der Waals surface area contributed by atoms with Crippen LogP contribution in [0.4, 0.5) is 4.39 Å². The number of halogens is 1. The zero-order valence-electron chi connectivity index (χ0n) is 15.1. The van der Waals surface area contributed by atoms with Gasteiger partial charge in [-0.25, -0.2) is 4.39 Å². The summed E-state index contributed by atoms with van der Waals surface area (Å²) in [6.45, 7) is 0. The predicted molar refractivity (Wildman–Crippen MR) is 109 cm³/mol. The van der Waals surface area contributed by atoms with Crippen LogP contribution in [0.15, 0.2) is 72.8 Å². The molecule has 0 radical (unpaired) electrons. The molecule has 0 fully saturated rings. The van der Waals surface area contributed by atoms with Gasteiger partial charge in [0, 0.05) is 11.1 Å². The lowest BCUT2D eigenvalue weighted by molar-refractivity contribution is 0.395. The Bertz CT molecular complexity index is 1100. The van der Waals surface area contributed by atoms with Crippen molar-refractivity contribution in [1.82, 2.24) is 20.2 Å². The Labute approximate surface area is 166 Å². The van der Waals surface area contributed by atoms with Gasteiger partial charge in [-0.05, 0) is 40.4 Å². The number of para-hydroxylation sites is 2. The van der Waals surface area contributed by atoms with Crippen LogP contribution in [-0.2, 0) is 0 Å². The average molecular weight is 392 g/mol. The molecular weight excluding hydrogens is 375 g/mol. The van der Waals surface area contributed by atoms with E-state index in [-0.39, 0.29) is 0 Å². The van der Waals surface area contributed by atoms with Crippen molar-refractivity contribution in [2.75, 3.05) is 12.2 Å². The molecule has 7 heteroatoms. The average Bonchev–Trinajstić information content (AvgIpc) is 3.22. The van der Waals surface area contributed by atoms with Crippen molar-refractivity contribution < 1.29 is 9.13 Å². The van der Waals surface area contributed by atoms with Crippen molar-refractivity contribution in [2.24, 2.45) is 0 Å². The van der Waals surface area contributed by atoms with Gasteiger partial charge in [0.15, 0.2) is 5.82 Å². The van der Waals surface area contributed by atoms with Crippen LogP contribution in [0.2, 0.25) is 0 Å². The maximum Gasteiger partial charge on any atom is 0.187 e. The zero-order chi connectivity index (χ0) is 19.3. The van der Waals surface area contributed by atoms with E-state index < -0.39 is 5.82 Å². The maximum absolute atomic E-state index is 14.3. The summed E-state index contributed by atoms with van der Waals surface area (Å²) in [7, 11) is 0. The Morgan fingerprint density at radius 1 is 0.893 bits per heavy atom.